The van der Waals surface area contributed by atoms with Crippen LogP contribution in [0.2, 0.25) is 0 Å². The van der Waals surface area contributed by atoms with Gasteiger partial charge >= 0.3 is 0 Å². The molecule has 128 valence electrons. The zero-order chi connectivity index (χ0) is 17.1. The molecule has 0 aliphatic rings. The van der Waals surface area contributed by atoms with Gasteiger partial charge in [0.2, 0.25) is 0 Å². The maximum Gasteiger partial charge on any atom is 0.104 e. The first-order valence-corrected chi connectivity index (χ1v) is 8.82. The van der Waals surface area contributed by atoms with Crippen molar-refractivity contribution in [1.29, 1.82) is 0 Å². The number of hydrogen-bond acceptors (Lipinski definition) is 2. The molecule has 0 fully saturated rings. The molecule has 1 rings (SSSR count). The van der Waals surface area contributed by atoms with Crippen molar-refractivity contribution >= 4 is 0 Å². The van der Waals surface area contributed by atoms with E-state index in [2.05, 4.69) is 63.3 Å². The maximum atomic E-state index is 6.45. The van der Waals surface area contributed by atoms with E-state index in [1.807, 2.05) is 18.2 Å². The highest BCUT2D eigenvalue weighted by Crippen LogP contribution is 2.27. The van der Waals surface area contributed by atoms with E-state index in [0.29, 0.717) is 12.0 Å². The van der Waals surface area contributed by atoms with Crippen LogP contribution in [0.25, 0.3) is 0 Å². The van der Waals surface area contributed by atoms with Crippen LogP contribution >= 0.6 is 0 Å². The fraction of sp³-hybridized carbons (Fsp3) is 0.524. The lowest BCUT2D eigenvalue weighted by Crippen LogP contribution is -2.37. The SMILES string of the molecule is C=CCC(CC(C)C)N(CC=C)OC(CCC)c1ccccc1. The second kappa shape index (κ2) is 11.2. The predicted molar refractivity (Wildman–Crippen MR) is 100 cm³/mol. The standard InChI is InChI=1S/C21H33NO/c1-6-12-20(17-18(4)5)22(16-8-3)23-21(13-7-2)19-14-10-9-11-15-19/h6,8-11,14-15,18,20-21H,1,3,7,12-13,16-17H2,2,4-5H3. The van der Waals surface area contributed by atoms with Crippen LogP contribution < -0.4 is 0 Å². The van der Waals surface area contributed by atoms with Crippen molar-refractivity contribution in [3.8, 4) is 0 Å². The van der Waals surface area contributed by atoms with Crippen molar-refractivity contribution in [3.05, 3.63) is 61.2 Å². The molecule has 1 aromatic carbocycles. The summed E-state index contributed by atoms with van der Waals surface area (Å²) in [6, 6.07) is 10.8. The van der Waals surface area contributed by atoms with Gasteiger partial charge in [0, 0.05) is 12.6 Å². The summed E-state index contributed by atoms with van der Waals surface area (Å²) in [4.78, 5) is 6.45. The fourth-order valence-corrected chi connectivity index (χ4v) is 2.85. The molecule has 1 aromatic rings. The number of hydroxylamine groups is 2. The summed E-state index contributed by atoms with van der Waals surface area (Å²) in [6.45, 7) is 15.3. The van der Waals surface area contributed by atoms with E-state index in [1.165, 1.54) is 5.56 Å². The molecule has 0 heterocycles. The summed E-state index contributed by atoms with van der Waals surface area (Å²) < 4.78 is 0. The monoisotopic (exact) mass is 315 g/mol. The van der Waals surface area contributed by atoms with Crippen LogP contribution in [0.4, 0.5) is 0 Å². The predicted octanol–water partition coefficient (Wildman–Crippen LogP) is 5.94. The molecule has 0 saturated carbocycles. The highest BCUT2D eigenvalue weighted by Gasteiger charge is 2.23. The zero-order valence-electron chi connectivity index (χ0n) is 15.1. The zero-order valence-corrected chi connectivity index (χ0v) is 15.1. The molecule has 0 aliphatic carbocycles. The molecule has 2 nitrogen and oxygen atoms in total. The van der Waals surface area contributed by atoms with Gasteiger partial charge in [-0.25, -0.2) is 0 Å². The minimum Gasteiger partial charge on any atom is -0.290 e. The molecule has 2 atom stereocenters. The first kappa shape index (κ1) is 19.7. The maximum absolute atomic E-state index is 6.45. The van der Waals surface area contributed by atoms with Crippen LogP contribution in [0, 0.1) is 5.92 Å². The van der Waals surface area contributed by atoms with Gasteiger partial charge in [-0.1, -0.05) is 69.7 Å². The van der Waals surface area contributed by atoms with E-state index < -0.39 is 0 Å². The molecule has 0 aromatic heterocycles. The third kappa shape index (κ3) is 7.15. The third-order valence-corrected chi connectivity index (χ3v) is 3.88. The average Bonchev–Trinajstić information content (AvgIpc) is 2.54. The van der Waals surface area contributed by atoms with Crippen LogP contribution in [0.15, 0.2) is 55.6 Å². The Morgan fingerprint density at radius 3 is 2.35 bits per heavy atom. The Labute approximate surface area is 142 Å². The number of benzene rings is 1. The van der Waals surface area contributed by atoms with E-state index in [4.69, 9.17) is 4.84 Å². The number of hydrogen-bond donors (Lipinski definition) is 0. The molecule has 0 amide bonds. The molecule has 2 heteroatoms. The summed E-state index contributed by atoms with van der Waals surface area (Å²) in [6.07, 6.45) is 8.14. The molecular formula is C21H33NO. The second-order valence-corrected chi connectivity index (χ2v) is 6.49. The Bertz CT molecular complexity index is 440. The summed E-state index contributed by atoms with van der Waals surface area (Å²) in [5, 5.41) is 2.11. The number of rotatable bonds is 12. The van der Waals surface area contributed by atoms with Gasteiger partial charge in [0.25, 0.3) is 0 Å². The lowest BCUT2D eigenvalue weighted by Gasteiger charge is -2.34. The second-order valence-electron chi connectivity index (χ2n) is 6.49. The van der Waals surface area contributed by atoms with E-state index in [0.717, 1.165) is 32.2 Å². The van der Waals surface area contributed by atoms with Gasteiger partial charge in [-0.05, 0) is 30.7 Å². The van der Waals surface area contributed by atoms with Gasteiger partial charge in [0.15, 0.2) is 0 Å². The molecule has 0 spiro atoms. The highest BCUT2D eigenvalue weighted by atomic mass is 16.7. The van der Waals surface area contributed by atoms with Crippen LogP contribution in [-0.4, -0.2) is 17.6 Å². The van der Waals surface area contributed by atoms with E-state index in [-0.39, 0.29) is 6.10 Å². The molecule has 0 radical (unpaired) electrons. The van der Waals surface area contributed by atoms with E-state index in [1.54, 1.807) is 0 Å². The molecule has 2 unspecified atom stereocenters. The van der Waals surface area contributed by atoms with Gasteiger partial charge in [-0.15, -0.1) is 13.2 Å². The average molecular weight is 316 g/mol. The van der Waals surface area contributed by atoms with Gasteiger partial charge in [0.05, 0.1) is 0 Å². The fourth-order valence-electron chi connectivity index (χ4n) is 2.85. The Balaban J connectivity index is 2.91. The molecule has 0 saturated heterocycles. The minimum absolute atomic E-state index is 0.0978. The Hall–Kier alpha value is -1.38. The smallest absolute Gasteiger partial charge is 0.104 e. The normalized spacial score (nSPS) is 14.0. The molecule has 0 bridgehead atoms. The summed E-state index contributed by atoms with van der Waals surface area (Å²) >= 11 is 0. The van der Waals surface area contributed by atoms with Crippen molar-refractivity contribution in [2.45, 2.75) is 58.6 Å². The minimum atomic E-state index is 0.0978. The largest absolute Gasteiger partial charge is 0.290 e. The Kier molecular flexibility index (Phi) is 9.58. The van der Waals surface area contributed by atoms with Crippen molar-refractivity contribution in [3.63, 3.8) is 0 Å². The van der Waals surface area contributed by atoms with Gasteiger partial charge in [-0.3, -0.25) is 4.84 Å². The van der Waals surface area contributed by atoms with Crippen LogP contribution in [0.5, 0.6) is 0 Å². The first-order chi connectivity index (χ1) is 11.1. The van der Waals surface area contributed by atoms with Gasteiger partial charge in [-0.2, -0.15) is 5.06 Å². The highest BCUT2D eigenvalue weighted by molar-refractivity contribution is 5.17. The number of nitrogens with zero attached hydrogens (tertiary/aromatic N) is 1. The van der Waals surface area contributed by atoms with Crippen molar-refractivity contribution < 1.29 is 4.84 Å². The van der Waals surface area contributed by atoms with E-state index in [9.17, 15) is 0 Å². The molecular weight excluding hydrogens is 282 g/mol. The van der Waals surface area contributed by atoms with Gasteiger partial charge in [0.1, 0.15) is 6.10 Å². The van der Waals surface area contributed by atoms with Crippen LogP contribution in [0.3, 0.4) is 0 Å². The first-order valence-electron chi connectivity index (χ1n) is 8.82. The van der Waals surface area contributed by atoms with Gasteiger partial charge < -0.3 is 0 Å². The van der Waals surface area contributed by atoms with Crippen molar-refractivity contribution in [1.82, 2.24) is 5.06 Å². The van der Waals surface area contributed by atoms with Crippen molar-refractivity contribution in [2.24, 2.45) is 5.92 Å². The Morgan fingerprint density at radius 1 is 1.13 bits per heavy atom. The van der Waals surface area contributed by atoms with E-state index >= 15 is 0 Å². The topological polar surface area (TPSA) is 12.5 Å². The lowest BCUT2D eigenvalue weighted by atomic mass is 10.0. The lowest BCUT2D eigenvalue weighted by molar-refractivity contribution is -0.222. The summed E-state index contributed by atoms with van der Waals surface area (Å²) in [5.74, 6) is 0.622. The molecule has 0 aliphatic heterocycles. The molecule has 0 N–H and O–H groups in total. The van der Waals surface area contributed by atoms with Crippen LogP contribution in [0.1, 0.15) is 58.1 Å². The van der Waals surface area contributed by atoms with Crippen molar-refractivity contribution in [2.75, 3.05) is 6.54 Å². The summed E-state index contributed by atoms with van der Waals surface area (Å²) in [7, 11) is 0. The molecule has 23 heavy (non-hydrogen) atoms. The third-order valence-electron chi connectivity index (χ3n) is 3.88. The summed E-state index contributed by atoms with van der Waals surface area (Å²) in [5.41, 5.74) is 1.24. The quantitative estimate of drug-likeness (QED) is 0.350. The van der Waals surface area contributed by atoms with Crippen LogP contribution in [-0.2, 0) is 4.84 Å². The Morgan fingerprint density at radius 2 is 1.83 bits per heavy atom.